The summed E-state index contributed by atoms with van der Waals surface area (Å²) < 4.78 is 23.9. The van der Waals surface area contributed by atoms with Gasteiger partial charge >= 0.3 is 5.97 Å². The van der Waals surface area contributed by atoms with Crippen LogP contribution in [0.5, 0.6) is 0 Å². The van der Waals surface area contributed by atoms with Crippen molar-refractivity contribution in [2.45, 2.75) is 24.3 Å². The summed E-state index contributed by atoms with van der Waals surface area (Å²) in [6, 6.07) is 4.29. The summed E-state index contributed by atoms with van der Waals surface area (Å²) in [5, 5.41) is 11.3. The van der Waals surface area contributed by atoms with Crippen LogP contribution < -0.4 is 5.32 Å². The topological polar surface area (TPSA) is 101 Å². The molecular formula is C12H14ClNO5S. The summed E-state index contributed by atoms with van der Waals surface area (Å²) in [6.45, 7) is 1.58. The van der Waals surface area contributed by atoms with Crippen molar-refractivity contribution in [3.8, 4) is 0 Å². The standard InChI is InChI=1S/C12H14ClNO5S/c1-2-10(12(16)17)14-11(15)7-20(18,19)9-5-3-8(13)4-6-9/h3-6,10H,2,7H2,1H3,(H,14,15)(H,16,17). The van der Waals surface area contributed by atoms with Gasteiger partial charge < -0.3 is 10.4 Å². The summed E-state index contributed by atoms with van der Waals surface area (Å²) in [5.41, 5.74) is 0. The minimum Gasteiger partial charge on any atom is -0.480 e. The van der Waals surface area contributed by atoms with E-state index in [0.717, 1.165) is 0 Å². The van der Waals surface area contributed by atoms with Crippen LogP contribution in [0.25, 0.3) is 0 Å². The first kappa shape index (κ1) is 16.5. The lowest BCUT2D eigenvalue weighted by Gasteiger charge is -2.12. The molecule has 0 fully saturated rings. The van der Waals surface area contributed by atoms with Gasteiger partial charge in [-0.05, 0) is 30.7 Å². The zero-order valence-corrected chi connectivity index (χ0v) is 12.2. The normalized spacial score (nSPS) is 12.7. The minimum atomic E-state index is -3.82. The lowest BCUT2D eigenvalue weighted by Crippen LogP contribution is -2.42. The molecule has 1 aromatic rings. The monoisotopic (exact) mass is 319 g/mol. The van der Waals surface area contributed by atoms with Gasteiger partial charge in [-0.25, -0.2) is 13.2 Å². The molecule has 110 valence electrons. The number of amides is 1. The number of aliphatic carboxylic acids is 1. The minimum absolute atomic E-state index is 0.0413. The van der Waals surface area contributed by atoms with Gasteiger partial charge in [0.05, 0.1) is 4.90 Å². The molecule has 0 heterocycles. The van der Waals surface area contributed by atoms with Crippen molar-refractivity contribution in [2.24, 2.45) is 0 Å². The van der Waals surface area contributed by atoms with Crippen molar-refractivity contribution >= 4 is 33.3 Å². The molecule has 1 unspecified atom stereocenters. The first-order chi connectivity index (χ1) is 9.26. The number of halogens is 1. The van der Waals surface area contributed by atoms with E-state index in [2.05, 4.69) is 5.32 Å². The first-order valence-electron chi connectivity index (χ1n) is 5.76. The number of hydrogen-bond acceptors (Lipinski definition) is 4. The first-order valence-corrected chi connectivity index (χ1v) is 7.79. The van der Waals surface area contributed by atoms with Gasteiger partial charge in [-0.15, -0.1) is 0 Å². The molecule has 1 amide bonds. The van der Waals surface area contributed by atoms with E-state index in [1.807, 2.05) is 0 Å². The molecule has 1 atom stereocenters. The molecule has 6 nitrogen and oxygen atoms in total. The number of rotatable bonds is 6. The predicted molar refractivity (Wildman–Crippen MR) is 73.4 cm³/mol. The summed E-state index contributed by atoms with van der Waals surface area (Å²) in [5.74, 6) is -2.86. The van der Waals surface area contributed by atoms with Crippen molar-refractivity contribution in [1.29, 1.82) is 0 Å². The number of carbonyl (C=O) groups is 2. The van der Waals surface area contributed by atoms with Crippen molar-refractivity contribution in [3.63, 3.8) is 0 Å². The van der Waals surface area contributed by atoms with E-state index in [0.29, 0.717) is 5.02 Å². The number of carbonyl (C=O) groups excluding carboxylic acids is 1. The molecule has 0 aliphatic rings. The average molecular weight is 320 g/mol. The third-order valence-electron chi connectivity index (χ3n) is 2.54. The largest absolute Gasteiger partial charge is 0.480 e. The molecule has 0 spiro atoms. The molecule has 1 rings (SSSR count). The van der Waals surface area contributed by atoms with Gasteiger partial charge in [0.2, 0.25) is 5.91 Å². The number of carboxylic acid groups (broad SMARTS) is 1. The quantitative estimate of drug-likeness (QED) is 0.817. The molecule has 0 saturated carbocycles. The fourth-order valence-corrected chi connectivity index (χ4v) is 2.74. The van der Waals surface area contributed by atoms with Crippen LogP contribution in [0.1, 0.15) is 13.3 Å². The maximum Gasteiger partial charge on any atom is 0.326 e. The molecule has 0 aromatic heterocycles. The van der Waals surface area contributed by atoms with Crippen molar-refractivity contribution in [2.75, 3.05) is 5.75 Å². The molecular weight excluding hydrogens is 306 g/mol. The Bertz CT molecular complexity index is 597. The molecule has 0 bridgehead atoms. The van der Waals surface area contributed by atoms with Gasteiger partial charge in [0.25, 0.3) is 0 Å². The Morgan fingerprint density at radius 1 is 1.30 bits per heavy atom. The number of carboxylic acids is 1. The van der Waals surface area contributed by atoms with E-state index < -0.39 is 33.5 Å². The van der Waals surface area contributed by atoms with E-state index in [4.69, 9.17) is 16.7 Å². The van der Waals surface area contributed by atoms with Crippen molar-refractivity contribution in [1.82, 2.24) is 5.32 Å². The fraction of sp³-hybridized carbons (Fsp3) is 0.333. The Morgan fingerprint density at radius 3 is 2.30 bits per heavy atom. The second-order valence-electron chi connectivity index (χ2n) is 4.08. The van der Waals surface area contributed by atoms with E-state index >= 15 is 0 Å². The second-order valence-corrected chi connectivity index (χ2v) is 6.51. The van der Waals surface area contributed by atoms with Crippen LogP contribution in [0.15, 0.2) is 29.2 Å². The Labute approximate surface area is 121 Å². The highest BCUT2D eigenvalue weighted by Gasteiger charge is 2.23. The maximum atomic E-state index is 11.9. The van der Waals surface area contributed by atoms with Gasteiger partial charge in [0, 0.05) is 5.02 Å². The summed E-state index contributed by atoms with van der Waals surface area (Å²) in [4.78, 5) is 22.3. The van der Waals surface area contributed by atoms with Crippen LogP contribution in [0.3, 0.4) is 0 Å². The van der Waals surface area contributed by atoms with E-state index in [1.165, 1.54) is 24.3 Å². The third-order valence-corrected chi connectivity index (χ3v) is 4.42. The highest BCUT2D eigenvalue weighted by molar-refractivity contribution is 7.92. The Balaban J connectivity index is 2.78. The van der Waals surface area contributed by atoms with Gasteiger partial charge in [0.1, 0.15) is 11.8 Å². The van der Waals surface area contributed by atoms with Crippen molar-refractivity contribution in [3.05, 3.63) is 29.3 Å². The molecule has 1 aromatic carbocycles. The van der Waals surface area contributed by atoms with E-state index in [1.54, 1.807) is 6.92 Å². The third kappa shape index (κ3) is 4.50. The maximum absolute atomic E-state index is 11.9. The predicted octanol–water partition coefficient (Wildman–Crippen LogP) is 1.09. The Hall–Kier alpha value is -1.60. The molecule has 0 aliphatic carbocycles. The molecule has 8 heteroatoms. The van der Waals surface area contributed by atoms with Gasteiger partial charge in [-0.2, -0.15) is 0 Å². The van der Waals surface area contributed by atoms with Crippen LogP contribution in [-0.2, 0) is 19.4 Å². The zero-order chi connectivity index (χ0) is 15.3. The number of sulfone groups is 1. The number of benzene rings is 1. The van der Waals surface area contributed by atoms with Gasteiger partial charge in [-0.1, -0.05) is 18.5 Å². The van der Waals surface area contributed by atoms with Crippen LogP contribution in [0, 0.1) is 0 Å². The van der Waals surface area contributed by atoms with E-state index in [9.17, 15) is 18.0 Å². The summed E-state index contributed by atoms with van der Waals surface area (Å²) >= 11 is 5.65. The second kappa shape index (κ2) is 6.71. The SMILES string of the molecule is CCC(NC(=O)CS(=O)(=O)c1ccc(Cl)cc1)C(=O)O. The highest BCUT2D eigenvalue weighted by atomic mass is 35.5. The van der Waals surface area contributed by atoms with Crippen LogP contribution in [0.2, 0.25) is 5.02 Å². The average Bonchev–Trinajstić information content (AvgIpc) is 2.35. The fourth-order valence-electron chi connectivity index (χ4n) is 1.47. The molecule has 20 heavy (non-hydrogen) atoms. The van der Waals surface area contributed by atoms with Crippen LogP contribution >= 0.6 is 11.6 Å². The molecule has 0 saturated heterocycles. The van der Waals surface area contributed by atoms with Gasteiger partial charge in [0.15, 0.2) is 9.84 Å². The van der Waals surface area contributed by atoms with Crippen LogP contribution in [-0.4, -0.2) is 37.2 Å². The summed E-state index contributed by atoms with van der Waals surface area (Å²) in [6.07, 6.45) is 0.169. The Morgan fingerprint density at radius 2 is 1.85 bits per heavy atom. The van der Waals surface area contributed by atoms with Crippen molar-refractivity contribution < 1.29 is 23.1 Å². The van der Waals surface area contributed by atoms with E-state index in [-0.39, 0.29) is 11.3 Å². The lowest BCUT2D eigenvalue weighted by atomic mass is 10.2. The molecule has 2 N–H and O–H groups in total. The number of hydrogen-bond donors (Lipinski definition) is 2. The Kier molecular flexibility index (Phi) is 5.52. The highest BCUT2D eigenvalue weighted by Crippen LogP contribution is 2.15. The van der Waals surface area contributed by atoms with Crippen LogP contribution in [0.4, 0.5) is 0 Å². The van der Waals surface area contributed by atoms with Gasteiger partial charge in [-0.3, -0.25) is 4.79 Å². The zero-order valence-electron chi connectivity index (χ0n) is 10.7. The summed E-state index contributed by atoms with van der Waals surface area (Å²) in [7, 11) is -3.82. The molecule has 0 radical (unpaired) electrons. The number of nitrogens with one attached hydrogen (secondary N) is 1. The molecule has 0 aliphatic heterocycles. The lowest BCUT2D eigenvalue weighted by molar-refractivity contribution is -0.141. The smallest absolute Gasteiger partial charge is 0.326 e.